The maximum Gasteiger partial charge on any atom is 0.309 e. The highest BCUT2D eigenvalue weighted by Crippen LogP contribution is 2.52. The molecule has 1 aromatic carbocycles. The van der Waals surface area contributed by atoms with Crippen LogP contribution in [-0.4, -0.2) is 19.7 Å². The van der Waals surface area contributed by atoms with E-state index < -0.39 is 0 Å². The van der Waals surface area contributed by atoms with Crippen molar-refractivity contribution in [1.29, 1.82) is 0 Å². The molecule has 0 amide bonds. The van der Waals surface area contributed by atoms with Crippen molar-refractivity contribution in [3.8, 4) is 5.75 Å². The van der Waals surface area contributed by atoms with E-state index in [0.717, 1.165) is 24.3 Å². The van der Waals surface area contributed by atoms with E-state index in [2.05, 4.69) is 10.8 Å². The number of rotatable bonds is 2. The number of hydrogen-bond acceptors (Lipinski definition) is 3. The second-order valence-electron chi connectivity index (χ2n) is 5.16. The van der Waals surface area contributed by atoms with Crippen molar-refractivity contribution in [3.63, 3.8) is 0 Å². The standard InChI is InChI=1S/C14H16O3/c1-16-13(15)7-10-2-3-11-8-14(4-5-14)9-17-12(11)6-10/h2-3,6H,4-5,7-9H2,1H3. The summed E-state index contributed by atoms with van der Waals surface area (Å²) in [5.41, 5.74) is 2.68. The number of benzene rings is 1. The molecule has 0 atom stereocenters. The number of fused-ring (bicyclic) bond motifs is 1. The van der Waals surface area contributed by atoms with E-state index in [9.17, 15) is 4.79 Å². The minimum atomic E-state index is -0.209. The Balaban J connectivity index is 1.80. The first-order valence-electron chi connectivity index (χ1n) is 6.02. The Hall–Kier alpha value is -1.51. The van der Waals surface area contributed by atoms with Crippen molar-refractivity contribution in [2.75, 3.05) is 13.7 Å². The molecule has 1 saturated carbocycles. The number of methoxy groups -OCH3 is 1. The Morgan fingerprint density at radius 2 is 2.29 bits per heavy atom. The molecular formula is C14H16O3. The third-order valence-electron chi connectivity index (χ3n) is 3.76. The average molecular weight is 232 g/mol. The van der Waals surface area contributed by atoms with Gasteiger partial charge in [-0.15, -0.1) is 0 Å². The Morgan fingerprint density at radius 1 is 1.47 bits per heavy atom. The van der Waals surface area contributed by atoms with Gasteiger partial charge in [0.1, 0.15) is 5.75 Å². The molecule has 3 heteroatoms. The number of esters is 1. The molecule has 1 heterocycles. The highest BCUT2D eigenvalue weighted by Gasteiger charge is 2.46. The molecule has 90 valence electrons. The quantitative estimate of drug-likeness (QED) is 0.733. The van der Waals surface area contributed by atoms with E-state index in [1.165, 1.54) is 25.5 Å². The van der Waals surface area contributed by atoms with Gasteiger partial charge in [0.15, 0.2) is 0 Å². The Labute approximate surface area is 101 Å². The summed E-state index contributed by atoms with van der Waals surface area (Å²) >= 11 is 0. The molecule has 3 nitrogen and oxygen atoms in total. The van der Waals surface area contributed by atoms with E-state index in [1.54, 1.807) is 0 Å². The molecule has 1 fully saturated rings. The molecule has 2 aliphatic rings. The smallest absolute Gasteiger partial charge is 0.309 e. The number of ether oxygens (including phenoxy) is 2. The van der Waals surface area contributed by atoms with Crippen LogP contribution in [-0.2, 0) is 22.4 Å². The number of hydrogen-bond donors (Lipinski definition) is 0. The van der Waals surface area contributed by atoms with Crippen LogP contribution in [0.25, 0.3) is 0 Å². The van der Waals surface area contributed by atoms with Crippen molar-refractivity contribution in [2.45, 2.75) is 25.7 Å². The summed E-state index contributed by atoms with van der Waals surface area (Å²) < 4.78 is 10.5. The molecule has 1 aliphatic heterocycles. The van der Waals surface area contributed by atoms with Crippen molar-refractivity contribution in [2.24, 2.45) is 5.41 Å². The van der Waals surface area contributed by atoms with Crippen LogP contribution >= 0.6 is 0 Å². The molecule has 0 unspecified atom stereocenters. The zero-order chi connectivity index (χ0) is 11.9. The lowest BCUT2D eigenvalue weighted by molar-refractivity contribution is -0.139. The molecule has 1 aliphatic carbocycles. The molecule has 0 bridgehead atoms. The zero-order valence-electron chi connectivity index (χ0n) is 9.99. The molecule has 3 rings (SSSR count). The van der Waals surface area contributed by atoms with Crippen LogP contribution in [0, 0.1) is 5.41 Å². The largest absolute Gasteiger partial charge is 0.493 e. The number of carbonyl (C=O) groups is 1. The molecule has 0 aromatic heterocycles. The normalized spacial score (nSPS) is 19.4. The van der Waals surface area contributed by atoms with Gasteiger partial charge in [-0.25, -0.2) is 0 Å². The molecule has 0 radical (unpaired) electrons. The van der Waals surface area contributed by atoms with Crippen molar-refractivity contribution < 1.29 is 14.3 Å². The van der Waals surface area contributed by atoms with E-state index in [1.807, 2.05) is 12.1 Å². The van der Waals surface area contributed by atoms with Crippen molar-refractivity contribution >= 4 is 5.97 Å². The highest BCUT2D eigenvalue weighted by atomic mass is 16.5. The SMILES string of the molecule is COC(=O)Cc1ccc2c(c1)OCC1(CC1)C2. The van der Waals surface area contributed by atoms with Crippen LogP contribution in [0.15, 0.2) is 18.2 Å². The van der Waals surface area contributed by atoms with Gasteiger partial charge in [0.25, 0.3) is 0 Å². The van der Waals surface area contributed by atoms with Crippen LogP contribution in [0.1, 0.15) is 24.0 Å². The molecule has 1 aromatic rings. The van der Waals surface area contributed by atoms with Crippen molar-refractivity contribution in [1.82, 2.24) is 0 Å². The van der Waals surface area contributed by atoms with E-state index in [0.29, 0.717) is 11.8 Å². The first kappa shape index (κ1) is 10.6. The summed E-state index contributed by atoms with van der Waals surface area (Å²) in [5, 5.41) is 0. The molecule has 0 saturated heterocycles. The van der Waals surface area contributed by atoms with Crippen LogP contribution in [0.4, 0.5) is 0 Å². The van der Waals surface area contributed by atoms with Gasteiger partial charge in [0.2, 0.25) is 0 Å². The summed E-state index contributed by atoms with van der Waals surface area (Å²) in [5.74, 6) is 0.739. The predicted molar refractivity (Wildman–Crippen MR) is 63.0 cm³/mol. The fraction of sp³-hybridized carbons (Fsp3) is 0.500. The molecular weight excluding hydrogens is 216 g/mol. The highest BCUT2D eigenvalue weighted by molar-refractivity contribution is 5.72. The third-order valence-corrected chi connectivity index (χ3v) is 3.76. The van der Waals surface area contributed by atoms with Gasteiger partial charge in [0.05, 0.1) is 20.1 Å². The second-order valence-corrected chi connectivity index (χ2v) is 5.16. The van der Waals surface area contributed by atoms with Gasteiger partial charge in [0, 0.05) is 5.41 Å². The predicted octanol–water partition coefficient (Wildman–Crippen LogP) is 2.12. The zero-order valence-corrected chi connectivity index (χ0v) is 9.99. The van der Waals surface area contributed by atoms with Crippen molar-refractivity contribution in [3.05, 3.63) is 29.3 Å². The first-order chi connectivity index (χ1) is 8.21. The maximum absolute atomic E-state index is 11.2. The lowest BCUT2D eigenvalue weighted by Gasteiger charge is -2.25. The van der Waals surface area contributed by atoms with Crippen LogP contribution in [0.5, 0.6) is 5.75 Å². The molecule has 0 N–H and O–H groups in total. The van der Waals surface area contributed by atoms with Gasteiger partial charge in [-0.3, -0.25) is 4.79 Å². The molecule has 17 heavy (non-hydrogen) atoms. The maximum atomic E-state index is 11.2. The van der Waals surface area contributed by atoms with Crippen LogP contribution in [0.3, 0.4) is 0 Å². The fourth-order valence-electron chi connectivity index (χ4n) is 2.41. The van der Waals surface area contributed by atoms with Crippen LogP contribution in [0.2, 0.25) is 0 Å². The van der Waals surface area contributed by atoms with Gasteiger partial charge in [-0.05, 0) is 36.5 Å². The van der Waals surface area contributed by atoms with Gasteiger partial charge in [-0.1, -0.05) is 12.1 Å². The van der Waals surface area contributed by atoms with E-state index in [4.69, 9.17) is 4.74 Å². The number of carbonyl (C=O) groups excluding carboxylic acids is 1. The average Bonchev–Trinajstić information content (AvgIpc) is 3.09. The molecule has 1 spiro atoms. The van der Waals surface area contributed by atoms with E-state index in [-0.39, 0.29) is 5.97 Å². The summed E-state index contributed by atoms with van der Waals surface area (Å²) in [6.07, 6.45) is 4.02. The van der Waals surface area contributed by atoms with Gasteiger partial charge < -0.3 is 9.47 Å². The first-order valence-corrected chi connectivity index (χ1v) is 6.02. The Bertz CT molecular complexity index is 461. The minimum Gasteiger partial charge on any atom is -0.493 e. The lowest BCUT2D eigenvalue weighted by Crippen LogP contribution is -2.22. The lowest BCUT2D eigenvalue weighted by atomic mass is 9.93. The van der Waals surface area contributed by atoms with Gasteiger partial charge in [-0.2, -0.15) is 0 Å². The van der Waals surface area contributed by atoms with E-state index >= 15 is 0 Å². The fourth-order valence-corrected chi connectivity index (χ4v) is 2.41. The topological polar surface area (TPSA) is 35.5 Å². The second kappa shape index (κ2) is 3.76. The summed E-state index contributed by atoms with van der Waals surface area (Å²) in [6.45, 7) is 0.835. The summed E-state index contributed by atoms with van der Waals surface area (Å²) in [7, 11) is 1.41. The Kier molecular flexibility index (Phi) is 2.35. The van der Waals surface area contributed by atoms with Gasteiger partial charge >= 0.3 is 5.97 Å². The van der Waals surface area contributed by atoms with Crippen LogP contribution < -0.4 is 4.74 Å². The monoisotopic (exact) mass is 232 g/mol. The summed E-state index contributed by atoms with van der Waals surface area (Å²) in [6, 6.07) is 6.06. The minimum absolute atomic E-state index is 0.209. The summed E-state index contributed by atoms with van der Waals surface area (Å²) in [4.78, 5) is 11.2. The third kappa shape index (κ3) is 2.02. The Morgan fingerprint density at radius 3 is 3.00 bits per heavy atom.